The Kier molecular flexibility index (Phi) is 4.87. The molecule has 0 amide bonds. The van der Waals surface area contributed by atoms with E-state index in [0.717, 1.165) is 17.0 Å². The molecule has 0 unspecified atom stereocenters. The van der Waals surface area contributed by atoms with Crippen molar-refractivity contribution in [3.8, 4) is 0 Å². The average Bonchev–Trinajstić information content (AvgIpc) is 3.29. The molecule has 0 saturated carbocycles. The van der Waals surface area contributed by atoms with E-state index in [4.69, 9.17) is 0 Å². The van der Waals surface area contributed by atoms with E-state index in [1.807, 2.05) is 24.3 Å². The van der Waals surface area contributed by atoms with E-state index >= 15 is 0 Å². The van der Waals surface area contributed by atoms with E-state index in [2.05, 4.69) is 25.0 Å². The number of nitrogens with one attached hydrogen (secondary N) is 3. The summed E-state index contributed by atoms with van der Waals surface area (Å²) in [6.45, 7) is 0. The summed E-state index contributed by atoms with van der Waals surface area (Å²) in [6, 6.07) is 19.3. The lowest BCUT2D eigenvalue weighted by Gasteiger charge is -2.14. The molecule has 0 fully saturated rings. The van der Waals surface area contributed by atoms with Crippen LogP contribution in [-0.2, 0) is 10.0 Å². The molecule has 33 heavy (non-hydrogen) atoms. The van der Waals surface area contributed by atoms with Gasteiger partial charge in [0.15, 0.2) is 11.6 Å². The van der Waals surface area contributed by atoms with Crippen LogP contribution >= 0.6 is 0 Å². The molecule has 0 aliphatic carbocycles. The van der Waals surface area contributed by atoms with Gasteiger partial charge < -0.3 is 10.3 Å². The monoisotopic (exact) mass is 460 g/mol. The van der Waals surface area contributed by atoms with Crippen LogP contribution in [0.3, 0.4) is 0 Å². The number of rotatable bonds is 6. The third kappa shape index (κ3) is 3.92. The van der Waals surface area contributed by atoms with E-state index in [1.165, 1.54) is 18.2 Å². The van der Waals surface area contributed by atoms with Crippen molar-refractivity contribution in [2.75, 3.05) is 10.0 Å². The van der Waals surface area contributed by atoms with Crippen LogP contribution in [0.15, 0.2) is 83.9 Å². The molecular formula is C22H16N6O4S. The summed E-state index contributed by atoms with van der Waals surface area (Å²) in [7, 11) is -4.19. The van der Waals surface area contributed by atoms with Gasteiger partial charge in [-0.15, -0.1) is 0 Å². The first-order valence-electron chi connectivity index (χ1n) is 9.78. The van der Waals surface area contributed by atoms with Crippen molar-refractivity contribution in [3.05, 3.63) is 89.1 Å². The number of aromatic nitrogens is 3. The highest BCUT2D eigenvalue weighted by molar-refractivity contribution is 7.92. The number of nitro benzene ring substituents is 1. The van der Waals surface area contributed by atoms with Gasteiger partial charge in [-0.25, -0.2) is 18.4 Å². The topological polar surface area (TPSA) is 143 Å². The van der Waals surface area contributed by atoms with Gasteiger partial charge in [0.05, 0.1) is 20.9 Å². The Balaban J connectivity index is 1.60. The fourth-order valence-electron chi connectivity index (χ4n) is 3.43. The number of nitro groups is 1. The van der Waals surface area contributed by atoms with Gasteiger partial charge in [-0.2, -0.15) is 0 Å². The van der Waals surface area contributed by atoms with Crippen LogP contribution in [0.2, 0.25) is 0 Å². The third-order valence-corrected chi connectivity index (χ3v) is 6.32. The van der Waals surface area contributed by atoms with Gasteiger partial charge in [0, 0.05) is 34.9 Å². The van der Waals surface area contributed by atoms with Crippen LogP contribution in [0.1, 0.15) is 0 Å². The molecule has 2 heterocycles. The van der Waals surface area contributed by atoms with E-state index in [9.17, 15) is 18.5 Å². The molecule has 2 aromatic heterocycles. The van der Waals surface area contributed by atoms with Crippen molar-refractivity contribution in [2.24, 2.45) is 0 Å². The van der Waals surface area contributed by atoms with E-state index in [0.29, 0.717) is 16.7 Å². The number of nitrogens with zero attached hydrogens (tertiary/aromatic N) is 3. The zero-order chi connectivity index (χ0) is 23.0. The molecule has 5 rings (SSSR count). The number of hydrogen-bond acceptors (Lipinski definition) is 7. The smallest absolute Gasteiger partial charge is 0.270 e. The van der Waals surface area contributed by atoms with Crippen LogP contribution in [0, 0.1) is 10.1 Å². The molecule has 11 heteroatoms. The van der Waals surface area contributed by atoms with E-state index in [-0.39, 0.29) is 22.2 Å². The summed E-state index contributed by atoms with van der Waals surface area (Å²) in [4.78, 5) is 22.3. The molecule has 164 valence electrons. The minimum atomic E-state index is -4.19. The van der Waals surface area contributed by atoms with Crippen molar-refractivity contribution in [3.63, 3.8) is 0 Å². The second-order valence-electron chi connectivity index (χ2n) is 7.14. The standard InChI is InChI=1S/C22H16N6O4S/c29-28(30)14-5-3-6-15(13-14)33(31,32)27-22-21(25-19-7-1-2-8-20(19)26-22)24-18-10-4-9-17-16(18)11-12-23-17/h1-13,23H,(H,24,25)(H,26,27). The third-order valence-electron chi connectivity index (χ3n) is 4.99. The lowest BCUT2D eigenvalue weighted by Crippen LogP contribution is -2.16. The van der Waals surface area contributed by atoms with Gasteiger partial charge in [0.2, 0.25) is 0 Å². The number of para-hydroxylation sites is 2. The molecule has 0 atom stereocenters. The number of aromatic amines is 1. The molecule has 0 aliphatic rings. The summed E-state index contributed by atoms with van der Waals surface area (Å²) in [5.41, 5.74) is 2.32. The maximum Gasteiger partial charge on any atom is 0.270 e. The highest BCUT2D eigenvalue weighted by atomic mass is 32.2. The number of benzene rings is 3. The minimum Gasteiger partial charge on any atom is -0.361 e. The van der Waals surface area contributed by atoms with Crippen LogP contribution in [0.5, 0.6) is 0 Å². The first kappa shape index (κ1) is 20.4. The van der Waals surface area contributed by atoms with Crippen LogP contribution in [0.4, 0.5) is 23.0 Å². The van der Waals surface area contributed by atoms with Crippen molar-refractivity contribution in [1.29, 1.82) is 0 Å². The molecule has 0 bridgehead atoms. The summed E-state index contributed by atoms with van der Waals surface area (Å²) in [5, 5.41) is 15.1. The average molecular weight is 460 g/mol. The van der Waals surface area contributed by atoms with Crippen LogP contribution in [-0.4, -0.2) is 28.3 Å². The number of hydrogen-bond donors (Lipinski definition) is 3. The van der Waals surface area contributed by atoms with E-state index in [1.54, 1.807) is 30.5 Å². The van der Waals surface area contributed by atoms with E-state index < -0.39 is 14.9 Å². The number of fused-ring (bicyclic) bond motifs is 2. The first-order valence-corrected chi connectivity index (χ1v) is 11.3. The van der Waals surface area contributed by atoms with Crippen molar-refractivity contribution >= 4 is 55.0 Å². The lowest BCUT2D eigenvalue weighted by atomic mass is 10.2. The second kappa shape index (κ2) is 7.88. The second-order valence-corrected chi connectivity index (χ2v) is 8.82. The molecular weight excluding hydrogens is 444 g/mol. The van der Waals surface area contributed by atoms with Gasteiger partial charge in [-0.05, 0) is 36.4 Å². The molecule has 0 radical (unpaired) electrons. The van der Waals surface area contributed by atoms with Crippen molar-refractivity contribution in [2.45, 2.75) is 4.90 Å². The van der Waals surface area contributed by atoms with Gasteiger partial charge >= 0.3 is 0 Å². The number of H-pyrrole nitrogens is 1. The summed E-state index contributed by atoms with van der Waals surface area (Å²) in [6.07, 6.45) is 1.80. The molecule has 0 saturated heterocycles. The molecule has 3 aromatic carbocycles. The normalized spacial score (nSPS) is 11.5. The first-order chi connectivity index (χ1) is 15.9. The SMILES string of the molecule is O=[N+]([O-])c1cccc(S(=O)(=O)Nc2nc3ccccc3nc2Nc2cccc3[nH]ccc23)c1. The Labute approximate surface area is 187 Å². The predicted octanol–water partition coefficient (Wildman–Crippen LogP) is 4.56. The number of non-ortho nitro benzene ring substituents is 1. The maximum absolute atomic E-state index is 13.1. The zero-order valence-electron chi connectivity index (χ0n) is 16.9. The van der Waals surface area contributed by atoms with Crippen LogP contribution < -0.4 is 10.0 Å². The van der Waals surface area contributed by atoms with Crippen molar-refractivity contribution < 1.29 is 13.3 Å². The number of sulfonamides is 1. The van der Waals surface area contributed by atoms with Crippen LogP contribution in [0.25, 0.3) is 21.9 Å². The largest absolute Gasteiger partial charge is 0.361 e. The highest BCUT2D eigenvalue weighted by Gasteiger charge is 2.21. The predicted molar refractivity (Wildman–Crippen MR) is 125 cm³/mol. The quantitative estimate of drug-likeness (QED) is 0.249. The number of anilines is 3. The molecule has 0 spiro atoms. The Morgan fingerprint density at radius 1 is 0.879 bits per heavy atom. The summed E-state index contributed by atoms with van der Waals surface area (Å²) >= 11 is 0. The minimum absolute atomic E-state index is 0.0345. The Hall–Kier alpha value is -4.51. The fraction of sp³-hybridized carbons (Fsp3) is 0. The molecule has 0 aliphatic heterocycles. The van der Waals surface area contributed by atoms with Gasteiger partial charge in [-0.1, -0.05) is 24.3 Å². The van der Waals surface area contributed by atoms with Gasteiger partial charge in [0.25, 0.3) is 15.7 Å². The Morgan fingerprint density at radius 2 is 1.61 bits per heavy atom. The maximum atomic E-state index is 13.1. The highest BCUT2D eigenvalue weighted by Crippen LogP contribution is 2.30. The summed E-state index contributed by atoms with van der Waals surface area (Å²) in [5.74, 6) is 0.157. The van der Waals surface area contributed by atoms with Crippen molar-refractivity contribution in [1.82, 2.24) is 15.0 Å². The zero-order valence-corrected chi connectivity index (χ0v) is 17.7. The Morgan fingerprint density at radius 3 is 2.36 bits per heavy atom. The lowest BCUT2D eigenvalue weighted by molar-refractivity contribution is -0.385. The summed E-state index contributed by atoms with van der Waals surface area (Å²) < 4.78 is 28.5. The fourth-order valence-corrected chi connectivity index (χ4v) is 4.48. The van der Waals surface area contributed by atoms with Gasteiger partial charge in [0.1, 0.15) is 0 Å². The molecule has 5 aromatic rings. The Bertz CT molecular complexity index is 1630. The van der Waals surface area contributed by atoms with Gasteiger partial charge in [-0.3, -0.25) is 14.8 Å². The molecule has 10 nitrogen and oxygen atoms in total. The molecule has 3 N–H and O–H groups in total.